The molecule has 3 atom stereocenters. The highest BCUT2D eigenvalue weighted by atomic mass is 16.1. The molecule has 0 fully saturated rings. The quantitative estimate of drug-likeness (QED) is 0.907. The van der Waals surface area contributed by atoms with Crippen LogP contribution in [-0.2, 0) is 11.2 Å². The highest BCUT2D eigenvalue weighted by molar-refractivity contribution is 5.80. The lowest BCUT2D eigenvalue weighted by Crippen LogP contribution is -2.48. The lowest BCUT2D eigenvalue weighted by Gasteiger charge is -2.35. The first-order valence-electron chi connectivity index (χ1n) is 7.35. The number of nitrogens with two attached hydrogens (primary N) is 1. The van der Waals surface area contributed by atoms with Gasteiger partial charge >= 0.3 is 0 Å². The van der Waals surface area contributed by atoms with E-state index in [9.17, 15) is 4.79 Å². The van der Waals surface area contributed by atoms with Crippen LogP contribution in [0.1, 0.15) is 35.6 Å². The van der Waals surface area contributed by atoms with Crippen LogP contribution in [0, 0.1) is 0 Å². The van der Waals surface area contributed by atoms with Crippen LogP contribution in [0.4, 0.5) is 0 Å². The number of rotatable bonds is 3. The van der Waals surface area contributed by atoms with Crippen LogP contribution in [0.5, 0.6) is 0 Å². The number of fused-ring (bicyclic) bond motifs is 1. The molecule has 0 aliphatic carbocycles. The second-order valence-corrected chi connectivity index (χ2v) is 5.70. The van der Waals surface area contributed by atoms with Crippen LogP contribution in [0.3, 0.4) is 0 Å². The van der Waals surface area contributed by atoms with Gasteiger partial charge < -0.3 is 5.73 Å². The Morgan fingerprint density at radius 3 is 2.52 bits per heavy atom. The summed E-state index contributed by atoms with van der Waals surface area (Å²) in [6.45, 7) is 2.19. The van der Waals surface area contributed by atoms with Gasteiger partial charge in [-0.05, 0) is 23.1 Å². The molecular formula is C18H20N2O. The number of benzene rings is 2. The number of carbonyl (C=O) groups is 1. The fraction of sp³-hybridized carbons (Fsp3) is 0.278. The van der Waals surface area contributed by atoms with E-state index in [2.05, 4.69) is 42.6 Å². The molecule has 108 valence electrons. The summed E-state index contributed by atoms with van der Waals surface area (Å²) in [5.41, 5.74) is 9.27. The highest BCUT2D eigenvalue weighted by Gasteiger charge is 2.32. The number of hydrogen-bond acceptors (Lipinski definition) is 2. The van der Waals surface area contributed by atoms with Gasteiger partial charge in [-0.25, -0.2) is 0 Å². The van der Waals surface area contributed by atoms with Crippen molar-refractivity contribution in [1.29, 1.82) is 0 Å². The first-order chi connectivity index (χ1) is 10.2. The Morgan fingerprint density at radius 1 is 1.14 bits per heavy atom. The van der Waals surface area contributed by atoms with E-state index in [-0.39, 0.29) is 23.9 Å². The molecule has 1 heterocycles. The van der Waals surface area contributed by atoms with Crippen molar-refractivity contribution in [3.8, 4) is 0 Å². The van der Waals surface area contributed by atoms with Crippen molar-refractivity contribution in [1.82, 2.24) is 5.32 Å². The van der Waals surface area contributed by atoms with E-state index in [0.29, 0.717) is 6.42 Å². The van der Waals surface area contributed by atoms with Crippen molar-refractivity contribution in [2.45, 2.75) is 31.3 Å². The van der Waals surface area contributed by atoms with Crippen molar-refractivity contribution in [2.24, 2.45) is 5.73 Å². The van der Waals surface area contributed by atoms with Crippen LogP contribution in [0.25, 0.3) is 0 Å². The highest BCUT2D eigenvalue weighted by Crippen LogP contribution is 2.35. The van der Waals surface area contributed by atoms with Gasteiger partial charge in [0.05, 0.1) is 6.04 Å². The molecule has 0 spiro atoms. The van der Waals surface area contributed by atoms with Crippen LogP contribution < -0.4 is 11.1 Å². The molecule has 1 aliphatic rings. The molecule has 21 heavy (non-hydrogen) atoms. The molecule has 2 aromatic rings. The number of primary amides is 1. The van der Waals surface area contributed by atoms with Crippen LogP contribution in [0.2, 0.25) is 0 Å². The minimum Gasteiger partial charge on any atom is -0.368 e. The number of nitrogens with one attached hydrogen (secondary N) is 1. The fourth-order valence-corrected chi connectivity index (χ4v) is 3.15. The van der Waals surface area contributed by atoms with E-state index < -0.39 is 0 Å². The van der Waals surface area contributed by atoms with Gasteiger partial charge in [-0.2, -0.15) is 0 Å². The SMILES string of the molecule is C[C@H](c1ccccc1)C1NC(C(N)=O)Cc2ccccc21. The molecular weight excluding hydrogens is 260 g/mol. The summed E-state index contributed by atoms with van der Waals surface area (Å²) >= 11 is 0. The third kappa shape index (κ3) is 2.69. The van der Waals surface area contributed by atoms with E-state index in [0.717, 1.165) is 0 Å². The van der Waals surface area contributed by atoms with E-state index >= 15 is 0 Å². The summed E-state index contributed by atoms with van der Waals surface area (Å²) in [7, 11) is 0. The lowest BCUT2D eigenvalue weighted by molar-refractivity contribution is -0.120. The summed E-state index contributed by atoms with van der Waals surface area (Å²) in [6.07, 6.45) is 0.670. The van der Waals surface area contributed by atoms with Gasteiger partial charge in [-0.1, -0.05) is 61.5 Å². The predicted molar refractivity (Wildman–Crippen MR) is 83.9 cm³/mol. The van der Waals surface area contributed by atoms with E-state index in [1.54, 1.807) is 0 Å². The van der Waals surface area contributed by atoms with Gasteiger partial charge in [0.25, 0.3) is 0 Å². The maximum Gasteiger partial charge on any atom is 0.234 e. The zero-order chi connectivity index (χ0) is 14.8. The van der Waals surface area contributed by atoms with Gasteiger partial charge in [0.1, 0.15) is 0 Å². The number of amides is 1. The standard InChI is InChI=1S/C18H20N2O/c1-12(13-7-3-2-4-8-13)17-15-10-6-5-9-14(15)11-16(20-17)18(19)21/h2-10,12,16-17,20H,11H2,1H3,(H2,19,21)/t12-,16?,17?/m1/s1. The first-order valence-corrected chi connectivity index (χ1v) is 7.35. The van der Waals surface area contributed by atoms with Crippen molar-refractivity contribution in [3.63, 3.8) is 0 Å². The van der Waals surface area contributed by atoms with E-state index in [1.165, 1.54) is 16.7 Å². The zero-order valence-corrected chi connectivity index (χ0v) is 12.1. The van der Waals surface area contributed by atoms with E-state index in [4.69, 9.17) is 5.73 Å². The largest absolute Gasteiger partial charge is 0.368 e. The van der Waals surface area contributed by atoms with Gasteiger partial charge in [0.15, 0.2) is 0 Å². The van der Waals surface area contributed by atoms with Gasteiger partial charge in [0.2, 0.25) is 5.91 Å². The van der Waals surface area contributed by atoms with Gasteiger partial charge in [-0.3, -0.25) is 10.1 Å². The normalized spacial score (nSPS) is 22.3. The van der Waals surface area contributed by atoms with Crippen LogP contribution in [0.15, 0.2) is 54.6 Å². The Kier molecular flexibility index (Phi) is 3.76. The molecule has 3 rings (SSSR count). The Balaban J connectivity index is 1.98. The topological polar surface area (TPSA) is 55.1 Å². The second kappa shape index (κ2) is 5.70. The molecule has 1 aliphatic heterocycles. The fourth-order valence-electron chi connectivity index (χ4n) is 3.15. The summed E-state index contributed by atoms with van der Waals surface area (Å²) in [4.78, 5) is 11.6. The molecule has 2 unspecified atom stereocenters. The molecule has 3 heteroatoms. The molecule has 0 aromatic heterocycles. The van der Waals surface area contributed by atoms with Crippen molar-refractivity contribution in [3.05, 3.63) is 71.3 Å². The average molecular weight is 280 g/mol. The van der Waals surface area contributed by atoms with Crippen molar-refractivity contribution >= 4 is 5.91 Å². The maximum absolute atomic E-state index is 11.6. The third-order valence-electron chi connectivity index (χ3n) is 4.36. The zero-order valence-electron chi connectivity index (χ0n) is 12.1. The monoisotopic (exact) mass is 280 g/mol. The van der Waals surface area contributed by atoms with Gasteiger partial charge in [0, 0.05) is 12.0 Å². The first kappa shape index (κ1) is 13.8. The van der Waals surface area contributed by atoms with Gasteiger partial charge in [-0.15, -0.1) is 0 Å². The van der Waals surface area contributed by atoms with Crippen LogP contribution >= 0.6 is 0 Å². The van der Waals surface area contributed by atoms with Crippen molar-refractivity contribution in [2.75, 3.05) is 0 Å². The average Bonchev–Trinajstić information content (AvgIpc) is 2.54. The van der Waals surface area contributed by atoms with Crippen LogP contribution in [-0.4, -0.2) is 11.9 Å². The van der Waals surface area contributed by atoms with Crippen molar-refractivity contribution < 1.29 is 4.79 Å². The molecule has 3 N–H and O–H groups in total. The molecule has 1 amide bonds. The summed E-state index contributed by atoms with van der Waals surface area (Å²) in [6, 6.07) is 18.5. The molecule has 0 saturated heterocycles. The number of hydrogen-bond donors (Lipinski definition) is 2. The summed E-state index contributed by atoms with van der Waals surface area (Å²) in [5, 5.41) is 3.43. The molecule has 3 nitrogen and oxygen atoms in total. The maximum atomic E-state index is 11.6. The Hall–Kier alpha value is -2.13. The summed E-state index contributed by atoms with van der Waals surface area (Å²) < 4.78 is 0. The Bertz CT molecular complexity index is 639. The minimum absolute atomic E-state index is 0.106. The molecule has 0 radical (unpaired) electrons. The molecule has 0 saturated carbocycles. The smallest absolute Gasteiger partial charge is 0.234 e. The Labute approximate surface area is 125 Å². The third-order valence-corrected chi connectivity index (χ3v) is 4.36. The molecule has 0 bridgehead atoms. The summed E-state index contributed by atoms with van der Waals surface area (Å²) in [5.74, 6) is -0.00994. The Morgan fingerprint density at radius 2 is 1.81 bits per heavy atom. The second-order valence-electron chi connectivity index (χ2n) is 5.70. The predicted octanol–water partition coefficient (Wildman–Crippen LogP) is 2.53. The number of carbonyl (C=O) groups excluding carboxylic acids is 1. The minimum atomic E-state index is -0.295. The lowest BCUT2D eigenvalue weighted by atomic mass is 9.81. The van der Waals surface area contributed by atoms with E-state index in [1.807, 2.05) is 24.3 Å². The molecule has 2 aromatic carbocycles.